The number of benzene rings is 1. The van der Waals surface area contributed by atoms with Crippen LogP contribution in [0.25, 0.3) is 0 Å². The van der Waals surface area contributed by atoms with E-state index in [1.165, 1.54) is 7.11 Å². The molecule has 0 radical (unpaired) electrons. The minimum Gasteiger partial charge on any atom is -0.480 e. The van der Waals surface area contributed by atoms with Gasteiger partial charge in [-0.05, 0) is 12.1 Å². The molecule has 80 valence electrons. The zero-order valence-corrected chi connectivity index (χ0v) is 8.86. The van der Waals surface area contributed by atoms with Crippen LogP contribution >= 0.6 is 0 Å². The van der Waals surface area contributed by atoms with Gasteiger partial charge in [-0.15, -0.1) is 5.10 Å². The van der Waals surface area contributed by atoms with Gasteiger partial charge in [0.15, 0.2) is 0 Å². The van der Waals surface area contributed by atoms with Crippen molar-refractivity contribution >= 4 is 11.8 Å². The lowest BCUT2D eigenvalue weighted by molar-refractivity contribution is -0.120. The van der Waals surface area contributed by atoms with E-state index in [2.05, 4.69) is 10.5 Å². The molecule has 0 bridgehead atoms. The van der Waals surface area contributed by atoms with Crippen molar-refractivity contribution < 1.29 is 9.53 Å². The van der Waals surface area contributed by atoms with E-state index in [-0.39, 0.29) is 5.91 Å². The van der Waals surface area contributed by atoms with E-state index in [1.54, 1.807) is 6.92 Å². The molecule has 1 aromatic carbocycles. The maximum absolute atomic E-state index is 11.0. The van der Waals surface area contributed by atoms with Crippen LogP contribution in [0, 0.1) is 0 Å². The molecular formula is C11H14N2O2. The Morgan fingerprint density at radius 2 is 2.07 bits per heavy atom. The number of amides is 1. The number of rotatable bonds is 3. The maximum Gasteiger partial charge on any atom is 0.239 e. The molecule has 0 saturated carbocycles. The molecule has 4 nitrogen and oxygen atoms in total. The number of hydrazone groups is 1. The summed E-state index contributed by atoms with van der Waals surface area (Å²) in [6, 6.07) is 9.39. The summed E-state index contributed by atoms with van der Waals surface area (Å²) in [5, 5.41) is 3.88. The van der Waals surface area contributed by atoms with Crippen molar-refractivity contribution in [3.05, 3.63) is 35.9 Å². The Morgan fingerprint density at radius 3 is 2.60 bits per heavy atom. The van der Waals surface area contributed by atoms with E-state index in [0.717, 1.165) is 5.56 Å². The summed E-state index contributed by atoms with van der Waals surface area (Å²) in [5.41, 5.74) is 3.24. The largest absolute Gasteiger partial charge is 0.480 e. The van der Waals surface area contributed by atoms with E-state index < -0.39 is 0 Å². The summed E-state index contributed by atoms with van der Waals surface area (Å²) < 4.78 is 5.07. The van der Waals surface area contributed by atoms with Crippen LogP contribution in [0.5, 0.6) is 0 Å². The molecular weight excluding hydrogens is 192 g/mol. The van der Waals surface area contributed by atoms with Crippen LogP contribution in [0.15, 0.2) is 35.4 Å². The summed E-state index contributed by atoms with van der Waals surface area (Å²) in [7, 11) is 1.52. The minimum absolute atomic E-state index is 0.138. The fraction of sp³-hybridized carbons (Fsp3) is 0.273. The number of methoxy groups -OCH3 is 1. The topological polar surface area (TPSA) is 50.7 Å². The number of nitrogens with one attached hydrogen (secondary N) is 1. The molecule has 1 aromatic rings. The van der Waals surface area contributed by atoms with E-state index in [9.17, 15) is 4.79 Å². The van der Waals surface area contributed by atoms with E-state index in [1.807, 2.05) is 30.3 Å². The first kappa shape index (κ1) is 11.2. The highest BCUT2D eigenvalue weighted by atomic mass is 16.5. The van der Waals surface area contributed by atoms with Crippen LogP contribution in [0.2, 0.25) is 0 Å². The van der Waals surface area contributed by atoms with Crippen LogP contribution in [0.3, 0.4) is 0 Å². The van der Waals surface area contributed by atoms with Crippen molar-refractivity contribution in [2.45, 2.75) is 13.3 Å². The third-order valence-electron chi connectivity index (χ3n) is 1.82. The molecule has 0 spiro atoms. The number of carbonyl (C=O) groups is 1. The Bertz CT molecular complexity index is 347. The van der Waals surface area contributed by atoms with Gasteiger partial charge in [0.2, 0.25) is 11.8 Å². The first-order valence-electron chi connectivity index (χ1n) is 4.74. The Kier molecular flexibility index (Phi) is 4.34. The number of hydrogen-bond donors (Lipinski definition) is 1. The average molecular weight is 206 g/mol. The monoisotopic (exact) mass is 206 g/mol. The fourth-order valence-corrected chi connectivity index (χ4v) is 1.00. The first-order chi connectivity index (χ1) is 7.27. The van der Waals surface area contributed by atoms with Gasteiger partial charge >= 0.3 is 0 Å². The molecule has 0 saturated heterocycles. The SMILES string of the molecule is CCC(=O)NN=C(OC)c1ccccc1. The van der Waals surface area contributed by atoms with Crippen LogP contribution < -0.4 is 5.43 Å². The normalized spacial score (nSPS) is 10.9. The van der Waals surface area contributed by atoms with E-state index in [4.69, 9.17) is 4.74 Å². The molecule has 0 unspecified atom stereocenters. The second-order valence-corrected chi connectivity index (χ2v) is 2.88. The van der Waals surface area contributed by atoms with Gasteiger partial charge in [0.1, 0.15) is 0 Å². The predicted octanol–water partition coefficient (Wildman–Crippen LogP) is 1.52. The summed E-state index contributed by atoms with van der Waals surface area (Å²) >= 11 is 0. The number of nitrogens with zero attached hydrogens (tertiary/aromatic N) is 1. The van der Waals surface area contributed by atoms with Crippen molar-refractivity contribution in [3.8, 4) is 0 Å². The third kappa shape index (κ3) is 3.42. The van der Waals surface area contributed by atoms with E-state index >= 15 is 0 Å². The lowest BCUT2D eigenvalue weighted by atomic mass is 10.2. The molecule has 0 aliphatic carbocycles. The summed E-state index contributed by atoms with van der Waals surface area (Å²) in [5.74, 6) is 0.262. The number of hydrogen-bond acceptors (Lipinski definition) is 3. The smallest absolute Gasteiger partial charge is 0.239 e. The third-order valence-corrected chi connectivity index (χ3v) is 1.82. The van der Waals surface area contributed by atoms with Gasteiger partial charge < -0.3 is 4.74 Å². The molecule has 1 amide bonds. The molecule has 1 N–H and O–H groups in total. The quantitative estimate of drug-likeness (QED) is 0.463. The van der Waals surface area contributed by atoms with Gasteiger partial charge in [0.25, 0.3) is 0 Å². The molecule has 1 rings (SSSR count). The van der Waals surface area contributed by atoms with Crippen LogP contribution in [-0.2, 0) is 9.53 Å². The Balaban J connectivity index is 2.76. The molecule has 0 aromatic heterocycles. The summed E-state index contributed by atoms with van der Waals surface area (Å²) in [6.07, 6.45) is 0.398. The standard InChI is InChI=1S/C11H14N2O2/c1-3-10(14)12-13-11(15-2)9-7-5-4-6-8-9/h4-8H,3H2,1-2H3,(H,12,14). The van der Waals surface area contributed by atoms with Crippen molar-refractivity contribution in [2.75, 3.05) is 7.11 Å². The Morgan fingerprint density at radius 1 is 1.40 bits per heavy atom. The van der Waals surface area contributed by atoms with Gasteiger partial charge in [0, 0.05) is 12.0 Å². The Labute approximate surface area is 88.9 Å². The number of carbonyl (C=O) groups excluding carboxylic acids is 1. The maximum atomic E-state index is 11.0. The van der Waals surface area contributed by atoms with E-state index in [0.29, 0.717) is 12.3 Å². The molecule has 15 heavy (non-hydrogen) atoms. The van der Waals surface area contributed by atoms with Crippen LogP contribution in [0.1, 0.15) is 18.9 Å². The highest BCUT2D eigenvalue weighted by molar-refractivity contribution is 5.94. The van der Waals surface area contributed by atoms with Gasteiger partial charge in [-0.25, -0.2) is 5.43 Å². The van der Waals surface area contributed by atoms with Gasteiger partial charge in [0.05, 0.1) is 7.11 Å². The highest BCUT2D eigenvalue weighted by Gasteiger charge is 2.02. The fourth-order valence-electron chi connectivity index (χ4n) is 1.00. The average Bonchev–Trinajstić information content (AvgIpc) is 2.31. The van der Waals surface area contributed by atoms with Crippen molar-refractivity contribution in [2.24, 2.45) is 5.10 Å². The van der Waals surface area contributed by atoms with Crippen LogP contribution in [-0.4, -0.2) is 18.9 Å². The second-order valence-electron chi connectivity index (χ2n) is 2.88. The lowest BCUT2D eigenvalue weighted by Crippen LogP contribution is -2.19. The summed E-state index contributed by atoms with van der Waals surface area (Å²) in [4.78, 5) is 11.0. The molecule has 0 heterocycles. The zero-order chi connectivity index (χ0) is 11.1. The highest BCUT2D eigenvalue weighted by Crippen LogP contribution is 2.01. The van der Waals surface area contributed by atoms with Crippen molar-refractivity contribution in [1.29, 1.82) is 0 Å². The minimum atomic E-state index is -0.138. The molecule has 4 heteroatoms. The summed E-state index contributed by atoms with van der Waals surface area (Å²) in [6.45, 7) is 1.76. The van der Waals surface area contributed by atoms with Crippen molar-refractivity contribution in [3.63, 3.8) is 0 Å². The number of ether oxygens (including phenoxy) is 1. The van der Waals surface area contributed by atoms with Gasteiger partial charge in [-0.1, -0.05) is 25.1 Å². The predicted molar refractivity (Wildman–Crippen MR) is 58.4 cm³/mol. The molecule has 0 aliphatic heterocycles. The first-order valence-corrected chi connectivity index (χ1v) is 4.74. The van der Waals surface area contributed by atoms with Gasteiger partial charge in [-0.2, -0.15) is 0 Å². The lowest BCUT2D eigenvalue weighted by Gasteiger charge is -2.04. The Hall–Kier alpha value is -1.84. The zero-order valence-electron chi connectivity index (χ0n) is 8.86. The molecule has 0 aliphatic rings. The van der Waals surface area contributed by atoms with Gasteiger partial charge in [-0.3, -0.25) is 4.79 Å². The molecule has 0 atom stereocenters. The van der Waals surface area contributed by atoms with Crippen molar-refractivity contribution in [1.82, 2.24) is 5.43 Å². The second kappa shape index (κ2) is 5.80. The molecule has 0 fully saturated rings. The van der Waals surface area contributed by atoms with Crippen LogP contribution in [0.4, 0.5) is 0 Å².